The first-order valence-electron chi connectivity index (χ1n) is 8.70. The fourth-order valence-corrected chi connectivity index (χ4v) is 3.65. The predicted octanol–water partition coefficient (Wildman–Crippen LogP) is 0.730. The van der Waals surface area contributed by atoms with Gasteiger partial charge >= 0.3 is 0 Å². The number of carbonyl (C=O) groups excluding carboxylic acids is 1. The van der Waals surface area contributed by atoms with Gasteiger partial charge in [-0.05, 0) is 37.8 Å². The van der Waals surface area contributed by atoms with Crippen molar-refractivity contribution in [3.8, 4) is 0 Å². The van der Waals surface area contributed by atoms with Crippen molar-refractivity contribution in [2.24, 2.45) is 0 Å². The smallest absolute Gasteiger partial charge is 0.270 e. The first-order chi connectivity index (χ1) is 12.2. The van der Waals surface area contributed by atoms with E-state index in [0.29, 0.717) is 18.7 Å². The third-order valence-electron chi connectivity index (χ3n) is 4.95. The molecule has 130 valence electrons. The van der Waals surface area contributed by atoms with Crippen LogP contribution in [-0.2, 0) is 12.8 Å². The lowest BCUT2D eigenvalue weighted by Gasteiger charge is -2.37. The van der Waals surface area contributed by atoms with E-state index < -0.39 is 6.10 Å². The fourth-order valence-electron chi connectivity index (χ4n) is 3.65. The van der Waals surface area contributed by atoms with Gasteiger partial charge in [0.2, 0.25) is 0 Å². The summed E-state index contributed by atoms with van der Waals surface area (Å²) < 4.78 is 0. The minimum atomic E-state index is -0.645. The third-order valence-corrected chi connectivity index (χ3v) is 4.95. The van der Waals surface area contributed by atoms with E-state index in [9.17, 15) is 9.90 Å². The second-order valence-corrected chi connectivity index (χ2v) is 6.57. The van der Waals surface area contributed by atoms with Crippen molar-refractivity contribution in [1.29, 1.82) is 0 Å². The highest BCUT2D eigenvalue weighted by molar-refractivity contribution is 5.92. The van der Waals surface area contributed by atoms with Gasteiger partial charge < -0.3 is 15.3 Å². The summed E-state index contributed by atoms with van der Waals surface area (Å²) in [7, 11) is 0. The highest BCUT2D eigenvalue weighted by atomic mass is 16.3. The van der Waals surface area contributed by atoms with Gasteiger partial charge in [-0.3, -0.25) is 9.78 Å². The number of rotatable bonds is 3. The Morgan fingerprint density at radius 3 is 2.96 bits per heavy atom. The molecule has 7 nitrogen and oxygen atoms in total. The minimum absolute atomic E-state index is 0.249. The molecule has 0 aromatic carbocycles. The zero-order chi connectivity index (χ0) is 17.2. The number of aromatic nitrogens is 3. The number of nitrogens with one attached hydrogen (secondary N) is 1. The van der Waals surface area contributed by atoms with Gasteiger partial charge in [0.05, 0.1) is 12.1 Å². The molecule has 0 bridgehead atoms. The highest BCUT2D eigenvalue weighted by Gasteiger charge is 2.31. The standard InChI is InChI=1S/C18H21N5O2/c24-16-10-23(17-12-4-3-6-13(12)20-11-21-17)9-7-14(16)22-18(25)15-5-1-2-8-19-15/h1-2,5,8,11,14,16,24H,3-4,6-7,9-10H2,(H,22,25)/t14-,16-/m1/s1. The lowest BCUT2D eigenvalue weighted by molar-refractivity contribution is 0.0793. The van der Waals surface area contributed by atoms with E-state index >= 15 is 0 Å². The molecule has 1 aliphatic carbocycles. The Hall–Kier alpha value is -2.54. The van der Waals surface area contributed by atoms with Crippen LogP contribution in [0.2, 0.25) is 0 Å². The fraction of sp³-hybridized carbons (Fsp3) is 0.444. The zero-order valence-corrected chi connectivity index (χ0v) is 13.9. The van der Waals surface area contributed by atoms with E-state index in [2.05, 4.69) is 25.2 Å². The Morgan fingerprint density at radius 2 is 2.16 bits per heavy atom. The Bertz CT molecular complexity index is 767. The summed E-state index contributed by atoms with van der Waals surface area (Å²) >= 11 is 0. The normalized spacial score (nSPS) is 22.5. The number of hydrogen-bond donors (Lipinski definition) is 2. The number of aryl methyl sites for hydroxylation is 1. The average molecular weight is 339 g/mol. The number of pyridine rings is 1. The zero-order valence-electron chi connectivity index (χ0n) is 13.9. The summed E-state index contributed by atoms with van der Waals surface area (Å²) in [4.78, 5) is 27.2. The molecule has 2 atom stereocenters. The maximum absolute atomic E-state index is 12.2. The number of anilines is 1. The highest BCUT2D eigenvalue weighted by Crippen LogP contribution is 2.29. The second-order valence-electron chi connectivity index (χ2n) is 6.57. The molecule has 1 saturated heterocycles. The molecular weight excluding hydrogens is 318 g/mol. The van der Waals surface area contributed by atoms with E-state index in [-0.39, 0.29) is 11.9 Å². The van der Waals surface area contributed by atoms with Crippen LogP contribution in [0.5, 0.6) is 0 Å². The summed E-state index contributed by atoms with van der Waals surface area (Å²) in [5, 5.41) is 13.4. The van der Waals surface area contributed by atoms with Crippen molar-refractivity contribution in [2.45, 2.75) is 37.8 Å². The van der Waals surface area contributed by atoms with Crippen molar-refractivity contribution >= 4 is 11.7 Å². The van der Waals surface area contributed by atoms with Crippen LogP contribution in [-0.4, -0.2) is 51.2 Å². The van der Waals surface area contributed by atoms with Crippen molar-refractivity contribution < 1.29 is 9.90 Å². The molecule has 0 radical (unpaired) electrons. The number of aliphatic hydroxyl groups is 1. The number of nitrogens with zero attached hydrogens (tertiary/aromatic N) is 4. The Balaban J connectivity index is 1.43. The molecule has 7 heteroatoms. The van der Waals surface area contributed by atoms with Crippen molar-refractivity contribution in [3.05, 3.63) is 47.7 Å². The molecule has 0 unspecified atom stereocenters. The van der Waals surface area contributed by atoms with E-state index in [1.54, 1.807) is 30.7 Å². The lowest BCUT2D eigenvalue weighted by atomic mass is 10.0. The Morgan fingerprint density at radius 1 is 1.24 bits per heavy atom. The number of piperidine rings is 1. The van der Waals surface area contributed by atoms with Gasteiger partial charge in [-0.15, -0.1) is 0 Å². The summed E-state index contributed by atoms with van der Waals surface area (Å²) in [5.41, 5.74) is 2.71. The van der Waals surface area contributed by atoms with E-state index in [0.717, 1.165) is 37.3 Å². The first kappa shape index (κ1) is 16.0. The van der Waals surface area contributed by atoms with Crippen molar-refractivity contribution in [2.75, 3.05) is 18.0 Å². The number of amides is 1. The van der Waals surface area contributed by atoms with Crippen molar-refractivity contribution in [1.82, 2.24) is 20.3 Å². The van der Waals surface area contributed by atoms with E-state index in [1.807, 2.05) is 0 Å². The lowest BCUT2D eigenvalue weighted by Crippen LogP contribution is -2.54. The van der Waals surface area contributed by atoms with Gasteiger partial charge in [-0.2, -0.15) is 0 Å². The maximum Gasteiger partial charge on any atom is 0.270 e. The predicted molar refractivity (Wildman–Crippen MR) is 92.4 cm³/mol. The van der Waals surface area contributed by atoms with Crippen LogP contribution in [0.25, 0.3) is 0 Å². The Labute approximate surface area is 146 Å². The van der Waals surface area contributed by atoms with Gasteiger partial charge in [-0.25, -0.2) is 9.97 Å². The molecule has 2 N–H and O–H groups in total. The van der Waals surface area contributed by atoms with E-state index in [4.69, 9.17) is 0 Å². The SMILES string of the molecule is O=C(N[C@@H]1CCN(c2ncnc3c2CCC3)C[C@H]1O)c1ccccn1. The molecule has 1 fully saturated rings. The monoisotopic (exact) mass is 339 g/mol. The number of hydrogen-bond acceptors (Lipinski definition) is 6. The van der Waals surface area contributed by atoms with Crippen LogP contribution in [0, 0.1) is 0 Å². The largest absolute Gasteiger partial charge is 0.389 e. The van der Waals surface area contributed by atoms with Crippen LogP contribution in [0.4, 0.5) is 5.82 Å². The Kier molecular flexibility index (Phi) is 4.31. The van der Waals surface area contributed by atoms with Crippen LogP contribution in [0.1, 0.15) is 34.6 Å². The summed E-state index contributed by atoms with van der Waals surface area (Å²) in [6.45, 7) is 1.20. The molecular formula is C18H21N5O2. The summed E-state index contributed by atoms with van der Waals surface area (Å²) in [6, 6.07) is 4.93. The molecule has 1 aliphatic heterocycles. The van der Waals surface area contributed by atoms with Gasteiger partial charge in [-0.1, -0.05) is 6.07 Å². The topological polar surface area (TPSA) is 91.2 Å². The molecule has 4 rings (SSSR count). The molecule has 2 aromatic heterocycles. The number of carbonyl (C=O) groups is 1. The van der Waals surface area contributed by atoms with Crippen molar-refractivity contribution in [3.63, 3.8) is 0 Å². The van der Waals surface area contributed by atoms with Crippen LogP contribution >= 0.6 is 0 Å². The summed E-state index contributed by atoms with van der Waals surface area (Å²) in [5.74, 6) is 0.692. The minimum Gasteiger partial charge on any atom is -0.389 e. The average Bonchev–Trinajstić information content (AvgIpc) is 3.13. The molecule has 2 aromatic rings. The quantitative estimate of drug-likeness (QED) is 0.857. The first-order valence-corrected chi connectivity index (χ1v) is 8.70. The second kappa shape index (κ2) is 6.76. The molecule has 1 amide bonds. The van der Waals surface area contributed by atoms with Crippen LogP contribution < -0.4 is 10.2 Å². The molecule has 0 spiro atoms. The third kappa shape index (κ3) is 3.19. The van der Waals surface area contributed by atoms with Crippen LogP contribution in [0.15, 0.2) is 30.7 Å². The number of β-amino-alcohol motifs (C(OH)–C–C–N with tert-alkyl or cyclic N) is 1. The molecule has 3 heterocycles. The van der Waals surface area contributed by atoms with Gasteiger partial charge in [0.25, 0.3) is 5.91 Å². The summed E-state index contributed by atoms with van der Waals surface area (Å²) in [6.07, 6.45) is 6.33. The van der Waals surface area contributed by atoms with E-state index in [1.165, 1.54) is 5.56 Å². The molecule has 0 saturated carbocycles. The molecule has 25 heavy (non-hydrogen) atoms. The molecule has 2 aliphatic rings. The van der Waals surface area contributed by atoms with Gasteiger partial charge in [0.15, 0.2) is 0 Å². The van der Waals surface area contributed by atoms with Gasteiger partial charge in [0, 0.05) is 30.5 Å². The van der Waals surface area contributed by atoms with Crippen LogP contribution in [0.3, 0.4) is 0 Å². The number of aliphatic hydroxyl groups excluding tert-OH is 1. The number of fused-ring (bicyclic) bond motifs is 1. The van der Waals surface area contributed by atoms with Gasteiger partial charge in [0.1, 0.15) is 17.8 Å². The maximum atomic E-state index is 12.2.